The topological polar surface area (TPSA) is 50.9 Å². The van der Waals surface area contributed by atoms with E-state index < -0.39 is 0 Å². The highest BCUT2D eigenvalue weighted by molar-refractivity contribution is 5.25. The minimum Gasteiger partial charge on any atom is -0.271 e. The largest absolute Gasteiger partial charge is 0.271 e. The molecule has 2 atom stereocenters. The third-order valence-corrected chi connectivity index (χ3v) is 2.81. The number of nitrogens with one attached hydrogen (secondary N) is 1. The first-order valence-electron chi connectivity index (χ1n) is 5.07. The van der Waals surface area contributed by atoms with E-state index in [1.165, 1.54) is 11.1 Å². The summed E-state index contributed by atoms with van der Waals surface area (Å²) >= 11 is 0. The fourth-order valence-corrected chi connectivity index (χ4v) is 1.60. The van der Waals surface area contributed by atoms with Gasteiger partial charge >= 0.3 is 0 Å². The second-order valence-electron chi connectivity index (χ2n) is 3.76. The molecular formula is C11H19N3. The highest BCUT2D eigenvalue weighted by Gasteiger charge is 2.17. The number of nitrogens with zero attached hydrogens (tertiary/aromatic N) is 1. The Hall–Kier alpha value is -0.930. The highest BCUT2D eigenvalue weighted by atomic mass is 15.2. The predicted octanol–water partition coefficient (Wildman–Crippen LogP) is 1.94. The molecule has 3 N–H and O–H groups in total. The van der Waals surface area contributed by atoms with E-state index in [0.29, 0.717) is 5.92 Å². The lowest BCUT2D eigenvalue weighted by atomic mass is 9.92. The van der Waals surface area contributed by atoms with Crippen molar-refractivity contribution >= 4 is 0 Å². The van der Waals surface area contributed by atoms with Crippen molar-refractivity contribution in [3.8, 4) is 0 Å². The van der Waals surface area contributed by atoms with Crippen LogP contribution in [0.4, 0.5) is 0 Å². The van der Waals surface area contributed by atoms with Crippen LogP contribution < -0.4 is 11.3 Å². The molecule has 2 unspecified atom stereocenters. The average Bonchev–Trinajstić information content (AvgIpc) is 2.21. The van der Waals surface area contributed by atoms with E-state index in [2.05, 4.69) is 31.2 Å². The van der Waals surface area contributed by atoms with Crippen LogP contribution in [0.1, 0.15) is 37.4 Å². The molecule has 1 heterocycles. The van der Waals surface area contributed by atoms with Gasteiger partial charge in [-0.1, -0.05) is 20.3 Å². The molecule has 0 radical (unpaired) electrons. The van der Waals surface area contributed by atoms with Crippen molar-refractivity contribution < 1.29 is 0 Å². The molecule has 0 saturated heterocycles. The third kappa shape index (κ3) is 2.30. The van der Waals surface area contributed by atoms with E-state index in [9.17, 15) is 0 Å². The fraction of sp³-hybridized carbons (Fsp3) is 0.545. The van der Waals surface area contributed by atoms with Crippen molar-refractivity contribution in [2.45, 2.75) is 33.2 Å². The second-order valence-corrected chi connectivity index (χ2v) is 3.76. The third-order valence-electron chi connectivity index (χ3n) is 2.81. The predicted molar refractivity (Wildman–Crippen MR) is 58.5 cm³/mol. The lowest BCUT2D eigenvalue weighted by Gasteiger charge is -2.23. The molecule has 0 bridgehead atoms. The van der Waals surface area contributed by atoms with Crippen LogP contribution in [0, 0.1) is 12.8 Å². The Balaban J connectivity index is 2.94. The Morgan fingerprint density at radius 1 is 1.57 bits per heavy atom. The number of pyridine rings is 1. The van der Waals surface area contributed by atoms with Crippen LogP contribution in [-0.2, 0) is 0 Å². The summed E-state index contributed by atoms with van der Waals surface area (Å²) in [5, 5.41) is 0. The van der Waals surface area contributed by atoms with Crippen LogP contribution in [0.2, 0.25) is 0 Å². The molecule has 3 nitrogen and oxygen atoms in total. The van der Waals surface area contributed by atoms with Crippen molar-refractivity contribution in [1.82, 2.24) is 10.4 Å². The maximum Gasteiger partial charge on any atom is 0.0503 e. The summed E-state index contributed by atoms with van der Waals surface area (Å²) in [6, 6.07) is 2.22. The van der Waals surface area contributed by atoms with E-state index in [-0.39, 0.29) is 6.04 Å². The monoisotopic (exact) mass is 193 g/mol. The van der Waals surface area contributed by atoms with Crippen LogP contribution in [0.3, 0.4) is 0 Å². The number of aromatic nitrogens is 1. The van der Waals surface area contributed by atoms with Crippen molar-refractivity contribution in [2.24, 2.45) is 11.8 Å². The Kier molecular flexibility index (Phi) is 4.04. The van der Waals surface area contributed by atoms with Gasteiger partial charge in [0.1, 0.15) is 0 Å². The summed E-state index contributed by atoms with van der Waals surface area (Å²) < 4.78 is 0. The standard InChI is InChI=1S/C11H19N3/c1-4-8(2)11(14-12)10-7-13-6-5-9(10)3/h5-8,11,14H,4,12H2,1-3H3. The molecule has 0 aliphatic heterocycles. The lowest BCUT2D eigenvalue weighted by molar-refractivity contribution is 0.381. The fourth-order valence-electron chi connectivity index (χ4n) is 1.60. The van der Waals surface area contributed by atoms with E-state index >= 15 is 0 Å². The Morgan fingerprint density at radius 2 is 2.29 bits per heavy atom. The normalized spacial score (nSPS) is 15.1. The van der Waals surface area contributed by atoms with E-state index in [1.807, 2.05) is 18.5 Å². The van der Waals surface area contributed by atoms with Crippen LogP contribution in [0.15, 0.2) is 18.5 Å². The Labute approximate surface area is 85.7 Å². The SMILES string of the molecule is CCC(C)C(NN)c1cnccc1C. The summed E-state index contributed by atoms with van der Waals surface area (Å²) in [5.41, 5.74) is 5.31. The number of hydrogen-bond donors (Lipinski definition) is 2. The molecule has 0 fully saturated rings. The van der Waals surface area contributed by atoms with Gasteiger partial charge in [-0.15, -0.1) is 0 Å². The van der Waals surface area contributed by atoms with E-state index in [4.69, 9.17) is 5.84 Å². The molecule has 78 valence electrons. The van der Waals surface area contributed by atoms with Gasteiger partial charge in [0.2, 0.25) is 0 Å². The van der Waals surface area contributed by atoms with Gasteiger partial charge in [-0.05, 0) is 30.0 Å². The van der Waals surface area contributed by atoms with Crippen LogP contribution in [-0.4, -0.2) is 4.98 Å². The van der Waals surface area contributed by atoms with Gasteiger partial charge in [0.05, 0.1) is 6.04 Å². The number of nitrogens with two attached hydrogens (primary N) is 1. The average molecular weight is 193 g/mol. The first kappa shape index (κ1) is 11.1. The molecule has 3 heteroatoms. The molecule has 0 spiro atoms. The van der Waals surface area contributed by atoms with Crippen LogP contribution >= 0.6 is 0 Å². The zero-order valence-corrected chi connectivity index (χ0v) is 9.12. The number of hydrogen-bond acceptors (Lipinski definition) is 3. The molecule has 0 aliphatic rings. The quantitative estimate of drug-likeness (QED) is 0.567. The van der Waals surface area contributed by atoms with Gasteiger partial charge in [0, 0.05) is 12.4 Å². The number of aryl methyl sites for hydroxylation is 1. The summed E-state index contributed by atoms with van der Waals surface area (Å²) in [4.78, 5) is 4.14. The maximum absolute atomic E-state index is 5.57. The van der Waals surface area contributed by atoms with Gasteiger partial charge in [-0.25, -0.2) is 0 Å². The first-order chi connectivity index (χ1) is 6.70. The van der Waals surface area contributed by atoms with E-state index in [0.717, 1.165) is 6.42 Å². The summed E-state index contributed by atoms with van der Waals surface area (Å²) in [6.07, 6.45) is 4.80. The van der Waals surface area contributed by atoms with Gasteiger partial charge in [0.25, 0.3) is 0 Å². The first-order valence-corrected chi connectivity index (χ1v) is 5.07. The lowest BCUT2D eigenvalue weighted by Crippen LogP contribution is -2.32. The number of hydrazine groups is 1. The second kappa shape index (κ2) is 5.08. The molecule has 0 amide bonds. The summed E-state index contributed by atoms with van der Waals surface area (Å²) in [7, 11) is 0. The van der Waals surface area contributed by atoms with Crippen LogP contribution in [0.5, 0.6) is 0 Å². The molecule has 1 aromatic heterocycles. The molecule has 0 aliphatic carbocycles. The summed E-state index contributed by atoms with van der Waals surface area (Å²) in [6.45, 7) is 6.45. The van der Waals surface area contributed by atoms with Gasteiger partial charge in [-0.2, -0.15) is 0 Å². The van der Waals surface area contributed by atoms with Gasteiger partial charge in [-0.3, -0.25) is 16.3 Å². The molecule has 0 aromatic carbocycles. The summed E-state index contributed by atoms with van der Waals surface area (Å²) in [5.74, 6) is 6.09. The molecule has 14 heavy (non-hydrogen) atoms. The molecule has 1 aromatic rings. The minimum absolute atomic E-state index is 0.202. The Morgan fingerprint density at radius 3 is 2.79 bits per heavy atom. The smallest absolute Gasteiger partial charge is 0.0503 e. The minimum atomic E-state index is 0.202. The van der Waals surface area contributed by atoms with Crippen LogP contribution in [0.25, 0.3) is 0 Å². The molecule has 1 rings (SSSR count). The maximum atomic E-state index is 5.57. The zero-order valence-electron chi connectivity index (χ0n) is 9.12. The highest BCUT2D eigenvalue weighted by Crippen LogP contribution is 2.25. The van der Waals surface area contributed by atoms with E-state index in [1.54, 1.807) is 0 Å². The van der Waals surface area contributed by atoms with Crippen molar-refractivity contribution in [1.29, 1.82) is 0 Å². The zero-order chi connectivity index (χ0) is 10.6. The van der Waals surface area contributed by atoms with Crippen molar-refractivity contribution in [2.75, 3.05) is 0 Å². The molecule has 0 saturated carbocycles. The van der Waals surface area contributed by atoms with Crippen molar-refractivity contribution in [3.63, 3.8) is 0 Å². The van der Waals surface area contributed by atoms with Crippen molar-refractivity contribution in [3.05, 3.63) is 29.6 Å². The molecular weight excluding hydrogens is 174 g/mol. The Bertz CT molecular complexity index is 286. The van der Waals surface area contributed by atoms with Gasteiger partial charge < -0.3 is 0 Å². The number of rotatable bonds is 4. The van der Waals surface area contributed by atoms with Gasteiger partial charge in [0.15, 0.2) is 0 Å².